The molecule has 1 aromatic rings. The Hall–Kier alpha value is -1.42. The molecule has 0 spiro atoms. The van der Waals surface area contributed by atoms with Crippen LogP contribution in [0.3, 0.4) is 0 Å². The molecule has 1 amide bonds. The highest BCUT2D eigenvalue weighted by atomic mass is 16.3. The number of aromatic nitrogens is 1. The third kappa shape index (κ3) is 2.39. The second-order valence-corrected chi connectivity index (χ2v) is 4.42. The second-order valence-electron chi connectivity index (χ2n) is 4.42. The molecule has 0 atom stereocenters. The minimum atomic E-state index is -0.160. The molecule has 4 heteroatoms. The van der Waals surface area contributed by atoms with Gasteiger partial charge in [-0.2, -0.15) is 0 Å². The molecular formula is C12H16N2O2. The van der Waals surface area contributed by atoms with Crippen LogP contribution in [0.1, 0.15) is 23.2 Å². The van der Waals surface area contributed by atoms with Crippen LogP contribution in [0.2, 0.25) is 0 Å². The van der Waals surface area contributed by atoms with E-state index in [0.29, 0.717) is 18.0 Å². The van der Waals surface area contributed by atoms with Crippen LogP contribution in [0.15, 0.2) is 24.5 Å². The molecule has 2 rings (SSSR count). The maximum absolute atomic E-state index is 11.9. The molecule has 1 N–H and O–H groups in total. The fraction of sp³-hybridized carbons (Fsp3) is 0.500. The van der Waals surface area contributed by atoms with E-state index in [2.05, 4.69) is 4.98 Å². The van der Waals surface area contributed by atoms with E-state index in [1.165, 1.54) is 0 Å². The van der Waals surface area contributed by atoms with Gasteiger partial charge in [-0.25, -0.2) is 0 Å². The van der Waals surface area contributed by atoms with Crippen LogP contribution >= 0.6 is 0 Å². The van der Waals surface area contributed by atoms with Crippen LogP contribution in [0.4, 0.5) is 0 Å². The zero-order valence-electron chi connectivity index (χ0n) is 9.34. The number of rotatable bonds is 3. The van der Waals surface area contributed by atoms with Crippen molar-refractivity contribution >= 4 is 5.91 Å². The van der Waals surface area contributed by atoms with Crippen molar-refractivity contribution in [2.45, 2.75) is 18.9 Å². The summed E-state index contributed by atoms with van der Waals surface area (Å²) in [5.74, 6) is 0.440. The quantitative estimate of drug-likeness (QED) is 0.824. The minimum absolute atomic E-state index is 0.00510. The Morgan fingerprint density at radius 3 is 2.94 bits per heavy atom. The Balaban J connectivity index is 1.90. The number of hydrogen-bond donors (Lipinski definition) is 1. The van der Waals surface area contributed by atoms with E-state index in [0.717, 1.165) is 12.8 Å². The molecule has 1 aliphatic carbocycles. The van der Waals surface area contributed by atoms with Crippen LogP contribution in [0, 0.1) is 5.92 Å². The molecule has 1 aromatic heterocycles. The van der Waals surface area contributed by atoms with Gasteiger partial charge in [-0.1, -0.05) is 0 Å². The second kappa shape index (κ2) is 4.61. The third-order valence-electron chi connectivity index (χ3n) is 3.00. The maximum atomic E-state index is 11.9. The van der Waals surface area contributed by atoms with Gasteiger partial charge in [-0.3, -0.25) is 9.78 Å². The normalized spacial score (nSPS) is 23.6. The molecule has 1 heterocycles. The minimum Gasteiger partial charge on any atom is -0.393 e. The van der Waals surface area contributed by atoms with Crippen molar-refractivity contribution in [1.29, 1.82) is 0 Å². The molecule has 86 valence electrons. The van der Waals surface area contributed by atoms with E-state index in [1.807, 2.05) is 0 Å². The van der Waals surface area contributed by atoms with E-state index < -0.39 is 0 Å². The molecule has 0 aromatic carbocycles. The van der Waals surface area contributed by atoms with E-state index in [4.69, 9.17) is 0 Å². The highest BCUT2D eigenvalue weighted by molar-refractivity contribution is 5.93. The lowest BCUT2D eigenvalue weighted by molar-refractivity contribution is 0.0265. The summed E-state index contributed by atoms with van der Waals surface area (Å²) < 4.78 is 0. The highest BCUT2D eigenvalue weighted by Crippen LogP contribution is 2.27. The lowest BCUT2D eigenvalue weighted by Gasteiger charge is -2.34. The van der Waals surface area contributed by atoms with Gasteiger partial charge in [0.05, 0.1) is 11.7 Å². The van der Waals surface area contributed by atoms with Gasteiger partial charge < -0.3 is 10.0 Å². The smallest absolute Gasteiger partial charge is 0.255 e. The van der Waals surface area contributed by atoms with Crippen molar-refractivity contribution < 1.29 is 9.90 Å². The first-order valence-electron chi connectivity index (χ1n) is 5.50. The number of nitrogens with zero attached hydrogens (tertiary/aromatic N) is 2. The van der Waals surface area contributed by atoms with Crippen molar-refractivity contribution in [1.82, 2.24) is 9.88 Å². The van der Waals surface area contributed by atoms with Gasteiger partial charge in [0.2, 0.25) is 0 Å². The molecule has 0 unspecified atom stereocenters. The molecule has 1 aliphatic rings. The van der Waals surface area contributed by atoms with E-state index in [9.17, 15) is 9.90 Å². The summed E-state index contributed by atoms with van der Waals surface area (Å²) in [6.45, 7) is 0.713. The van der Waals surface area contributed by atoms with Crippen molar-refractivity contribution in [3.63, 3.8) is 0 Å². The van der Waals surface area contributed by atoms with Crippen molar-refractivity contribution in [2.24, 2.45) is 5.92 Å². The number of amides is 1. The topological polar surface area (TPSA) is 53.4 Å². The van der Waals surface area contributed by atoms with Crippen LogP contribution in [0.5, 0.6) is 0 Å². The van der Waals surface area contributed by atoms with E-state index >= 15 is 0 Å². The zero-order chi connectivity index (χ0) is 11.5. The number of hydrogen-bond acceptors (Lipinski definition) is 3. The molecule has 0 aliphatic heterocycles. The molecule has 0 radical (unpaired) electrons. The van der Waals surface area contributed by atoms with Crippen LogP contribution in [-0.4, -0.2) is 40.6 Å². The van der Waals surface area contributed by atoms with Gasteiger partial charge in [0.25, 0.3) is 5.91 Å². The Labute approximate surface area is 94.9 Å². The number of pyridine rings is 1. The fourth-order valence-electron chi connectivity index (χ4n) is 2.03. The summed E-state index contributed by atoms with van der Waals surface area (Å²) in [5.41, 5.74) is 0.616. The molecule has 0 saturated heterocycles. The molecule has 16 heavy (non-hydrogen) atoms. The predicted octanol–water partition coefficient (Wildman–Crippen LogP) is 0.925. The molecule has 4 nitrogen and oxygen atoms in total. The largest absolute Gasteiger partial charge is 0.393 e. The third-order valence-corrected chi connectivity index (χ3v) is 3.00. The zero-order valence-corrected chi connectivity index (χ0v) is 9.34. The summed E-state index contributed by atoms with van der Waals surface area (Å²) in [5, 5.41) is 9.17. The van der Waals surface area contributed by atoms with Gasteiger partial charge in [-0.15, -0.1) is 0 Å². The summed E-state index contributed by atoms with van der Waals surface area (Å²) in [6, 6.07) is 3.52. The van der Waals surface area contributed by atoms with Gasteiger partial charge >= 0.3 is 0 Å². The van der Waals surface area contributed by atoms with Gasteiger partial charge in [0.15, 0.2) is 0 Å². The van der Waals surface area contributed by atoms with Crippen molar-refractivity contribution in [3.05, 3.63) is 30.1 Å². The first kappa shape index (κ1) is 11.1. The first-order chi connectivity index (χ1) is 7.66. The highest BCUT2D eigenvalue weighted by Gasteiger charge is 2.29. The summed E-state index contributed by atoms with van der Waals surface area (Å²) in [6.07, 6.45) is 4.69. The predicted molar refractivity (Wildman–Crippen MR) is 59.9 cm³/mol. The average Bonchev–Trinajstić information content (AvgIpc) is 2.27. The van der Waals surface area contributed by atoms with Gasteiger partial charge in [0.1, 0.15) is 0 Å². The van der Waals surface area contributed by atoms with E-state index in [1.54, 1.807) is 36.5 Å². The standard InChI is InChI=1S/C12H16N2O2/c1-14(8-9-5-11(15)6-9)12(16)10-3-2-4-13-7-10/h2-4,7,9,11,15H,5-6,8H2,1H3. The number of carbonyl (C=O) groups is 1. The lowest BCUT2D eigenvalue weighted by Crippen LogP contribution is -2.39. The Kier molecular flexibility index (Phi) is 3.19. The molecule has 0 bridgehead atoms. The SMILES string of the molecule is CN(CC1CC(O)C1)C(=O)c1cccnc1. The summed E-state index contributed by atoms with van der Waals surface area (Å²) in [7, 11) is 1.79. The van der Waals surface area contributed by atoms with E-state index in [-0.39, 0.29) is 12.0 Å². The Morgan fingerprint density at radius 2 is 2.38 bits per heavy atom. The van der Waals surface area contributed by atoms with Crippen LogP contribution < -0.4 is 0 Å². The number of aliphatic hydroxyl groups is 1. The summed E-state index contributed by atoms with van der Waals surface area (Å²) >= 11 is 0. The average molecular weight is 220 g/mol. The Morgan fingerprint density at radius 1 is 1.62 bits per heavy atom. The number of aliphatic hydroxyl groups excluding tert-OH is 1. The molecule has 1 fully saturated rings. The van der Waals surface area contributed by atoms with Crippen LogP contribution in [-0.2, 0) is 0 Å². The van der Waals surface area contributed by atoms with Gasteiger partial charge in [-0.05, 0) is 30.9 Å². The Bertz CT molecular complexity index is 361. The lowest BCUT2D eigenvalue weighted by atomic mass is 9.82. The van der Waals surface area contributed by atoms with Gasteiger partial charge in [0, 0.05) is 26.0 Å². The molecule has 1 saturated carbocycles. The summed E-state index contributed by atoms with van der Waals surface area (Å²) in [4.78, 5) is 17.6. The molecular weight excluding hydrogens is 204 g/mol. The van der Waals surface area contributed by atoms with Crippen molar-refractivity contribution in [3.8, 4) is 0 Å². The first-order valence-corrected chi connectivity index (χ1v) is 5.50. The maximum Gasteiger partial charge on any atom is 0.255 e. The number of carbonyl (C=O) groups excluding carboxylic acids is 1. The monoisotopic (exact) mass is 220 g/mol. The van der Waals surface area contributed by atoms with Crippen molar-refractivity contribution in [2.75, 3.05) is 13.6 Å². The van der Waals surface area contributed by atoms with Crippen LogP contribution in [0.25, 0.3) is 0 Å². The fourth-order valence-corrected chi connectivity index (χ4v) is 2.03.